The molecule has 1 atom stereocenters. The zero-order valence-corrected chi connectivity index (χ0v) is 14.7. The second-order valence-corrected chi connectivity index (χ2v) is 6.83. The normalized spacial score (nSPS) is 17.1. The molecule has 0 radical (unpaired) electrons. The largest absolute Gasteiger partial charge is 0.334 e. The number of imidazole rings is 1. The fourth-order valence-electron chi connectivity index (χ4n) is 3.64. The van der Waals surface area contributed by atoms with Crippen LogP contribution >= 0.6 is 0 Å². The quantitative estimate of drug-likeness (QED) is 0.743. The number of rotatable bonds is 4. The summed E-state index contributed by atoms with van der Waals surface area (Å²) in [6.45, 7) is 0.896. The molecule has 0 saturated carbocycles. The molecule has 2 aromatic heterocycles. The highest BCUT2D eigenvalue weighted by atomic mass is 15.0. The van der Waals surface area contributed by atoms with Crippen molar-refractivity contribution in [2.24, 2.45) is 7.05 Å². The summed E-state index contributed by atoms with van der Waals surface area (Å²) < 4.78 is 2.06. The molecule has 128 valence electrons. The first-order valence-electron chi connectivity index (χ1n) is 9.02. The fourth-order valence-corrected chi connectivity index (χ4v) is 3.64. The molecule has 1 aliphatic carbocycles. The lowest BCUT2D eigenvalue weighted by molar-refractivity contribution is 0.462. The number of nitrogens with zero attached hydrogens (tertiary/aromatic N) is 3. The SMILES string of the molecule is Cn1ccnc1-c1cccc(CNC2CCc3cccnc3CC2)c1. The van der Waals surface area contributed by atoms with Gasteiger partial charge in [0, 0.05) is 49.5 Å². The Balaban J connectivity index is 1.40. The monoisotopic (exact) mass is 332 g/mol. The highest BCUT2D eigenvalue weighted by molar-refractivity contribution is 5.56. The number of aryl methyl sites for hydroxylation is 3. The Morgan fingerprint density at radius 1 is 1.08 bits per heavy atom. The van der Waals surface area contributed by atoms with Crippen LogP contribution < -0.4 is 5.32 Å². The van der Waals surface area contributed by atoms with Gasteiger partial charge in [0.1, 0.15) is 5.82 Å². The Morgan fingerprint density at radius 2 is 2.00 bits per heavy atom. The van der Waals surface area contributed by atoms with Gasteiger partial charge in [0.25, 0.3) is 0 Å². The minimum atomic E-state index is 0.547. The van der Waals surface area contributed by atoms with E-state index in [1.807, 2.05) is 25.6 Å². The number of hydrogen-bond acceptors (Lipinski definition) is 3. The molecule has 0 aliphatic heterocycles. The Labute approximate surface area is 149 Å². The molecule has 1 aliphatic rings. The molecule has 0 amide bonds. The summed E-state index contributed by atoms with van der Waals surface area (Å²) >= 11 is 0. The molecule has 2 heterocycles. The smallest absolute Gasteiger partial charge is 0.139 e. The molecule has 1 unspecified atom stereocenters. The van der Waals surface area contributed by atoms with Crippen LogP contribution in [0.5, 0.6) is 0 Å². The molecule has 0 spiro atoms. The van der Waals surface area contributed by atoms with Crippen LogP contribution in [-0.2, 0) is 26.4 Å². The lowest BCUT2D eigenvalue weighted by atomic mass is 10.1. The molecule has 0 saturated heterocycles. The fraction of sp³-hybridized carbons (Fsp3) is 0.333. The topological polar surface area (TPSA) is 42.7 Å². The van der Waals surface area contributed by atoms with Crippen molar-refractivity contribution in [3.8, 4) is 11.4 Å². The predicted molar refractivity (Wildman–Crippen MR) is 100 cm³/mol. The van der Waals surface area contributed by atoms with Gasteiger partial charge in [0.2, 0.25) is 0 Å². The Kier molecular flexibility index (Phi) is 4.61. The van der Waals surface area contributed by atoms with Crippen molar-refractivity contribution >= 4 is 0 Å². The number of nitrogens with one attached hydrogen (secondary N) is 1. The minimum absolute atomic E-state index is 0.547. The lowest BCUT2D eigenvalue weighted by Gasteiger charge is -2.16. The Morgan fingerprint density at radius 3 is 2.88 bits per heavy atom. The van der Waals surface area contributed by atoms with Crippen LogP contribution in [0.4, 0.5) is 0 Å². The van der Waals surface area contributed by atoms with Gasteiger partial charge in [-0.05, 0) is 48.9 Å². The van der Waals surface area contributed by atoms with E-state index in [0.717, 1.165) is 31.6 Å². The molecule has 4 nitrogen and oxygen atoms in total. The van der Waals surface area contributed by atoms with E-state index in [2.05, 4.69) is 56.3 Å². The van der Waals surface area contributed by atoms with Gasteiger partial charge >= 0.3 is 0 Å². The standard InChI is InChI=1S/C21H24N4/c1-25-13-12-23-21(25)18-5-2-4-16(14-18)15-24-19-8-7-17-6-3-11-22-20(17)10-9-19/h2-6,11-14,19,24H,7-10,15H2,1H3. The van der Waals surface area contributed by atoms with Crippen LogP contribution in [0.15, 0.2) is 55.0 Å². The van der Waals surface area contributed by atoms with E-state index in [9.17, 15) is 0 Å². The summed E-state index contributed by atoms with van der Waals surface area (Å²) in [6, 6.07) is 13.5. The van der Waals surface area contributed by atoms with Crippen LogP contribution in [0.2, 0.25) is 0 Å². The van der Waals surface area contributed by atoms with Crippen molar-refractivity contribution < 1.29 is 0 Å². The van der Waals surface area contributed by atoms with Gasteiger partial charge in [0.05, 0.1) is 0 Å². The van der Waals surface area contributed by atoms with E-state index in [0.29, 0.717) is 6.04 Å². The highest BCUT2D eigenvalue weighted by Gasteiger charge is 2.16. The number of pyridine rings is 1. The second kappa shape index (κ2) is 7.19. The second-order valence-electron chi connectivity index (χ2n) is 6.83. The van der Waals surface area contributed by atoms with Crippen LogP contribution in [0.3, 0.4) is 0 Å². The first-order chi connectivity index (χ1) is 12.3. The summed E-state index contributed by atoms with van der Waals surface area (Å²) in [4.78, 5) is 8.99. The summed E-state index contributed by atoms with van der Waals surface area (Å²) in [5.74, 6) is 1.01. The van der Waals surface area contributed by atoms with E-state index in [4.69, 9.17) is 0 Å². The van der Waals surface area contributed by atoms with Gasteiger partial charge in [-0.3, -0.25) is 4.98 Å². The van der Waals surface area contributed by atoms with Gasteiger partial charge < -0.3 is 9.88 Å². The first-order valence-corrected chi connectivity index (χ1v) is 9.02. The number of fused-ring (bicyclic) bond motifs is 1. The summed E-state index contributed by atoms with van der Waals surface area (Å²) in [5, 5.41) is 3.74. The summed E-state index contributed by atoms with van der Waals surface area (Å²) in [6.07, 6.45) is 10.3. The Bertz CT molecular complexity index is 825. The minimum Gasteiger partial charge on any atom is -0.334 e. The molecule has 0 fully saturated rings. The number of aromatic nitrogens is 3. The van der Waals surface area contributed by atoms with Gasteiger partial charge in [-0.25, -0.2) is 4.98 Å². The number of benzene rings is 1. The zero-order chi connectivity index (χ0) is 17.1. The average molecular weight is 332 g/mol. The predicted octanol–water partition coefficient (Wildman–Crippen LogP) is 3.52. The molecule has 4 rings (SSSR count). The van der Waals surface area contributed by atoms with Crippen molar-refractivity contribution in [2.75, 3.05) is 0 Å². The van der Waals surface area contributed by atoms with Crippen LogP contribution in [0, 0.1) is 0 Å². The van der Waals surface area contributed by atoms with E-state index in [1.54, 1.807) is 0 Å². The van der Waals surface area contributed by atoms with Crippen molar-refractivity contribution in [1.82, 2.24) is 19.9 Å². The van der Waals surface area contributed by atoms with E-state index in [1.165, 1.54) is 28.8 Å². The maximum atomic E-state index is 4.54. The van der Waals surface area contributed by atoms with E-state index in [-0.39, 0.29) is 0 Å². The number of hydrogen-bond donors (Lipinski definition) is 1. The molecular formula is C21H24N4. The maximum absolute atomic E-state index is 4.54. The van der Waals surface area contributed by atoms with E-state index >= 15 is 0 Å². The molecule has 0 bridgehead atoms. The third kappa shape index (κ3) is 3.64. The van der Waals surface area contributed by atoms with Crippen LogP contribution in [-0.4, -0.2) is 20.6 Å². The van der Waals surface area contributed by atoms with Crippen molar-refractivity contribution in [1.29, 1.82) is 0 Å². The van der Waals surface area contributed by atoms with Crippen LogP contribution in [0.1, 0.15) is 29.7 Å². The van der Waals surface area contributed by atoms with Crippen molar-refractivity contribution in [2.45, 2.75) is 38.3 Å². The third-order valence-corrected chi connectivity index (χ3v) is 5.08. The summed E-state index contributed by atoms with van der Waals surface area (Å²) in [7, 11) is 2.03. The summed E-state index contributed by atoms with van der Waals surface area (Å²) in [5.41, 5.74) is 5.18. The third-order valence-electron chi connectivity index (χ3n) is 5.08. The van der Waals surface area contributed by atoms with Crippen molar-refractivity contribution in [3.05, 3.63) is 71.8 Å². The van der Waals surface area contributed by atoms with Gasteiger partial charge in [-0.2, -0.15) is 0 Å². The molecule has 3 aromatic rings. The maximum Gasteiger partial charge on any atom is 0.139 e. The Hall–Kier alpha value is -2.46. The molecule has 1 aromatic carbocycles. The van der Waals surface area contributed by atoms with Gasteiger partial charge in [0.15, 0.2) is 0 Å². The zero-order valence-electron chi connectivity index (χ0n) is 14.7. The van der Waals surface area contributed by atoms with Crippen molar-refractivity contribution in [3.63, 3.8) is 0 Å². The van der Waals surface area contributed by atoms with Crippen LogP contribution in [0.25, 0.3) is 11.4 Å². The molecule has 25 heavy (non-hydrogen) atoms. The lowest BCUT2D eigenvalue weighted by Crippen LogP contribution is -2.28. The molecule has 4 heteroatoms. The highest BCUT2D eigenvalue weighted by Crippen LogP contribution is 2.20. The molecule has 1 N–H and O–H groups in total. The average Bonchev–Trinajstić information content (AvgIpc) is 2.97. The van der Waals surface area contributed by atoms with Gasteiger partial charge in [-0.1, -0.05) is 24.3 Å². The van der Waals surface area contributed by atoms with Gasteiger partial charge in [-0.15, -0.1) is 0 Å². The first kappa shape index (κ1) is 16.0. The molecular weight excluding hydrogens is 308 g/mol. The van der Waals surface area contributed by atoms with E-state index < -0.39 is 0 Å².